The summed E-state index contributed by atoms with van der Waals surface area (Å²) in [6.07, 6.45) is 3.20. The van der Waals surface area contributed by atoms with E-state index < -0.39 is 0 Å². The predicted octanol–water partition coefficient (Wildman–Crippen LogP) is 3.79. The van der Waals surface area contributed by atoms with E-state index in [1.165, 1.54) is 17.1 Å². The highest BCUT2D eigenvalue weighted by atomic mass is 16.5. The van der Waals surface area contributed by atoms with E-state index in [0.717, 1.165) is 27.8 Å². The number of para-hydroxylation sites is 1. The lowest BCUT2D eigenvalue weighted by atomic mass is 10.1. The molecule has 6 nitrogen and oxygen atoms in total. The lowest BCUT2D eigenvalue weighted by molar-refractivity contribution is 0.469. The van der Waals surface area contributed by atoms with Gasteiger partial charge in [0.2, 0.25) is 5.88 Å². The number of fused-ring (bicyclic) bond motifs is 4. The van der Waals surface area contributed by atoms with Crippen molar-refractivity contribution >= 4 is 32.8 Å². The molecular weight excluding hydrogens is 302 g/mol. The number of H-pyrrole nitrogens is 1. The Morgan fingerprint density at radius 1 is 0.958 bits per heavy atom. The van der Waals surface area contributed by atoms with Crippen molar-refractivity contribution in [3.8, 4) is 11.6 Å². The standard InChI is InChI=1S/C18H13N5O/c1-23-17-14(9-21-23)18(20-10-19-17)24-11-6-7-13-12-4-2-3-5-15(12)22-16(13)8-11/h2-10,22H,1H3. The highest BCUT2D eigenvalue weighted by molar-refractivity contribution is 6.07. The van der Waals surface area contributed by atoms with Gasteiger partial charge in [0.1, 0.15) is 17.5 Å². The van der Waals surface area contributed by atoms with Gasteiger partial charge in [0.05, 0.1) is 11.7 Å². The van der Waals surface area contributed by atoms with Crippen LogP contribution in [0.2, 0.25) is 0 Å². The molecule has 6 heteroatoms. The number of nitrogens with zero attached hydrogens (tertiary/aromatic N) is 4. The average molecular weight is 315 g/mol. The zero-order chi connectivity index (χ0) is 16.1. The highest BCUT2D eigenvalue weighted by Crippen LogP contribution is 2.31. The van der Waals surface area contributed by atoms with Crippen molar-refractivity contribution in [1.29, 1.82) is 0 Å². The van der Waals surface area contributed by atoms with Crippen LogP contribution in [-0.2, 0) is 7.05 Å². The Balaban J connectivity index is 1.62. The van der Waals surface area contributed by atoms with Crippen LogP contribution in [0.25, 0.3) is 32.8 Å². The topological polar surface area (TPSA) is 68.6 Å². The van der Waals surface area contributed by atoms with Gasteiger partial charge in [0.25, 0.3) is 0 Å². The number of aromatic nitrogens is 5. The highest BCUT2D eigenvalue weighted by Gasteiger charge is 2.11. The minimum Gasteiger partial charge on any atom is -0.438 e. The summed E-state index contributed by atoms with van der Waals surface area (Å²) in [6, 6.07) is 14.2. The molecule has 0 unspecified atom stereocenters. The Morgan fingerprint density at radius 3 is 2.79 bits per heavy atom. The van der Waals surface area contributed by atoms with Gasteiger partial charge in [-0.1, -0.05) is 18.2 Å². The molecule has 0 spiro atoms. The second-order valence-electron chi connectivity index (χ2n) is 5.66. The van der Waals surface area contributed by atoms with Gasteiger partial charge >= 0.3 is 0 Å². The second kappa shape index (κ2) is 4.79. The second-order valence-corrected chi connectivity index (χ2v) is 5.66. The first-order chi connectivity index (χ1) is 11.8. The van der Waals surface area contributed by atoms with Crippen LogP contribution in [0.4, 0.5) is 0 Å². The first-order valence-corrected chi connectivity index (χ1v) is 7.60. The van der Waals surface area contributed by atoms with E-state index in [9.17, 15) is 0 Å². The van der Waals surface area contributed by atoms with E-state index in [0.29, 0.717) is 5.88 Å². The van der Waals surface area contributed by atoms with Gasteiger partial charge in [-0.25, -0.2) is 9.97 Å². The van der Waals surface area contributed by atoms with E-state index in [4.69, 9.17) is 4.74 Å². The van der Waals surface area contributed by atoms with Crippen LogP contribution in [0.15, 0.2) is 55.0 Å². The van der Waals surface area contributed by atoms with Crippen LogP contribution in [0.1, 0.15) is 0 Å². The number of hydrogen-bond donors (Lipinski definition) is 1. The summed E-state index contributed by atoms with van der Waals surface area (Å²) in [5.41, 5.74) is 2.89. The Bertz CT molecular complexity index is 1200. The molecule has 0 radical (unpaired) electrons. The quantitative estimate of drug-likeness (QED) is 0.538. The maximum atomic E-state index is 5.98. The van der Waals surface area contributed by atoms with E-state index in [1.54, 1.807) is 10.9 Å². The molecule has 116 valence electrons. The maximum absolute atomic E-state index is 5.98. The first kappa shape index (κ1) is 13.1. The van der Waals surface area contributed by atoms with E-state index >= 15 is 0 Å². The van der Waals surface area contributed by atoms with Crippen LogP contribution in [0.5, 0.6) is 11.6 Å². The fraction of sp³-hybridized carbons (Fsp3) is 0.0556. The van der Waals surface area contributed by atoms with Crippen molar-refractivity contribution in [1.82, 2.24) is 24.7 Å². The summed E-state index contributed by atoms with van der Waals surface area (Å²) in [5.74, 6) is 1.22. The van der Waals surface area contributed by atoms with Crippen LogP contribution < -0.4 is 4.74 Å². The van der Waals surface area contributed by atoms with Gasteiger partial charge in [-0.15, -0.1) is 0 Å². The predicted molar refractivity (Wildman–Crippen MR) is 92.2 cm³/mol. The summed E-state index contributed by atoms with van der Waals surface area (Å²) in [6.45, 7) is 0. The number of aromatic amines is 1. The van der Waals surface area contributed by atoms with Crippen molar-refractivity contribution in [2.75, 3.05) is 0 Å². The number of rotatable bonds is 2. The number of ether oxygens (including phenoxy) is 1. The summed E-state index contributed by atoms with van der Waals surface area (Å²) in [7, 11) is 1.84. The lowest BCUT2D eigenvalue weighted by Crippen LogP contribution is -1.94. The molecule has 0 amide bonds. The third kappa shape index (κ3) is 1.86. The molecule has 5 aromatic rings. The third-order valence-corrected chi connectivity index (χ3v) is 4.19. The minimum atomic E-state index is 0.503. The lowest BCUT2D eigenvalue weighted by Gasteiger charge is -2.05. The molecule has 3 heterocycles. The van der Waals surface area contributed by atoms with E-state index in [1.807, 2.05) is 31.3 Å². The van der Waals surface area contributed by atoms with Crippen LogP contribution >= 0.6 is 0 Å². The molecule has 0 saturated carbocycles. The number of hydrogen-bond acceptors (Lipinski definition) is 4. The van der Waals surface area contributed by atoms with E-state index in [2.05, 4.69) is 38.2 Å². The molecule has 1 N–H and O–H groups in total. The molecule has 2 aromatic carbocycles. The Kier molecular flexibility index (Phi) is 2.61. The fourth-order valence-electron chi connectivity index (χ4n) is 3.03. The normalized spacial score (nSPS) is 11.5. The molecular formula is C18H13N5O. The van der Waals surface area contributed by atoms with Crippen LogP contribution in [0, 0.1) is 0 Å². The number of nitrogens with one attached hydrogen (secondary N) is 1. The van der Waals surface area contributed by atoms with Gasteiger partial charge in [0, 0.05) is 29.4 Å². The Hall–Kier alpha value is -3.41. The third-order valence-electron chi connectivity index (χ3n) is 4.19. The summed E-state index contributed by atoms with van der Waals surface area (Å²) >= 11 is 0. The fourth-order valence-corrected chi connectivity index (χ4v) is 3.03. The van der Waals surface area contributed by atoms with Gasteiger partial charge in [-0.3, -0.25) is 4.68 Å². The molecule has 0 saturated heterocycles. The van der Waals surface area contributed by atoms with Gasteiger partial charge in [-0.2, -0.15) is 5.10 Å². The largest absolute Gasteiger partial charge is 0.438 e. The van der Waals surface area contributed by atoms with Crippen molar-refractivity contribution in [2.24, 2.45) is 7.05 Å². The molecule has 0 aliphatic rings. The molecule has 0 aliphatic carbocycles. The zero-order valence-corrected chi connectivity index (χ0v) is 12.9. The summed E-state index contributed by atoms with van der Waals surface area (Å²) in [5, 5.41) is 7.37. The van der Waals surface area contributed by atoms with Gasteiger partial charge in [0.15, 0.2) is 5.65 Å². The molecule has 0 bridgehead atoms. The van der Waals surface area contributed by atoms with Crippen molar-refractivity contribution in [3.05, 3.63) is 55.0 Å². The number of aryl methyl sites for hydroxylation is 1. The molecule has 0 fully saturated rings. The summed E-state index contributed by atoms with van der Waals surface area (Å²) in [4.78, 5) is 11.9. The smallest absolute Gasteiger partial charge is 0.233 e. The van der Waals surface area contributed by atoms with E-state index in [-0.39, 0.29) is 0 Å². The zero-order valence-electron chi connectivity index (χ0n) is 12.9. The molecule has 3 aromatic heterocycles. The number of benzene rings is 2. The molecule has 0 aliphatic heterocycles. The van der Waals surface area contributed by atoms with Crippen molar-refractivity contribution in [2.45, 2.75) is 0 Å². The van der Waals surface area contributed by atoms with Crippen molar-refractivity contribution in [3.63, 3.8) is 0 Å². The van der Waals surface area contributed by atoms with Gasteiger partial charge in [-0.05, 0) is 18.2 Å². The van der Waals surface area contributed by atoms with Crippen LogP contribution in [-0.4, -0.2) is 24.7 Å². The Labute approximate surface area is 136 Å². The SMILES string of the molecule is Cn1ncc2c(Oc3ccc4c(c3)[nH]c3ccccc34)ncnc21. The monoisotopic (exact) mass is 315 g/mol. The van der Waals surface area contributed by atoms with Crippen LogP contribution in [0.3, 0.4) is 0 Å². The minimum absolute atomic E-state index is 0.503. The van der Waals surface area contributed by atoms with Crippen molar-refractivity contribution < 1.29 is 4.74 Å². The first-order valence-electron chi connectivity index (χ1n) is 7.60. The average Bonchev–Trinajstić information content (AvgIpc) is 3.16. The Morgan fingerprint density at radius 2 is 1.83 bits per heavy atom. The molecule has 0 atom stereocenters. The molecule has 24 heavy (non-hydrogen) atoms. The van der Waals surface area contributed by atoms with Gasteiger partial charge < -0.3 is 9.72 Å². The maximum Gasteiger partial charge on any atom is 0.233 e. The summed E-state index contributed by atoms with van der Waals surface area (Å²) < 4.78 is 7.68. The molecule has 5 rings (SSSR count).